The lowest BCUT2D eigenvalue weighted by Gasteiger charge is -2.14. The van der Waals surface area contributed by atoms with Gasteiger partial charge in [-0.2, -0.15) is 13.2 Å². The number of hydrogen-bond acceptors (Lipinski definition) is 5. The molecular weight excluding hydrogens is 381 g/mol. The van der Waals surface area contributed by atoms with Crippen molar-refractivity contribution >= 4 is 11.9 Å². The highest BCUT2D eigenvalue weighted by Gasteiger charge is 2.30. The number of carbonyl (C=O) groups excluding carboxylic acids is 1. The van der Waals surface area contributed by atoms with Crippen LogP contribution in [0.5, 0.6) is 11.6 Å². The number of aromatic nitrogens is 1. The first kappa shape index (κ1) is 21.2. The molecule has 0 aliphatic carbocycles. The van der Waals surface area contributed by atoms with Gasteiger partial charge in [0.1, 0.15) is 11.8 Å². The van der Waals surface area contributed by atoms with Gasteiger partial charge in [0.15, 0.2) is 0 Å². The van der Waals surface area contributed by atoms with Gasteiger partial charge in [0, 0.05) is 38.0 Å². The smallest absolute Gasteiger partial charge is 0.417 e. The topological polar surface area (TPSA) is 97.8 Å². The largest absolute Gasteiger partial charge is 0.480 e. The molecule has 150 valence electrons. The number of alkyl halides is 3. The summed E-state index contributed by atoms with van der Waals surface area (Å²) in [4.78, 5) is 26.9. The Balaban J connectivity index is 2.00. The minimum Gasteiger partial charge on any atom is -0.480 e. The van der Waals surface area contributed by atoms with Gasteiger partial charge in [-0.05, 0) is 30.3 Å². The maximum Gasteiger partial charge on any atom is 0.417 e. The van der Waals surface area contributed by atoms with Crippen LogP contribution in [0, 0.1) is 0 Å². The summed E-state index contributed by atoms with van der Waals surface area (Å²) in [6, 6.07) is 6.44. The molecule has 7 nitrogen and oxygen atoms in total. The van der Waals surface area contributed by atoms with Gasteiger partial charge in [0.2, 0.25) is 5.88 Å². The average molecular weight is 398 g/mol. The third-order valence-corrected chi connectivity index (χ3v) is 3.62. The fourth-order valence-corrected chi connectivity index (χ4v) is 2.14. The molecule has 1 aromatic heterocycles. The second-order valence-corrected chi connectivity index (χ2v) is 5.66. The summed E-state index contributed by atoms with van der Waals surface area (Å²) >= 11 is 0. The molecule has 0 aliphatic rings. The maximum absolute atomic E-state index is 12.5. The summed E-state index contributed by atoms with van der Waals surface area (Å²) in [5, 5.41) is 11.5. The van der Waals surface area contributed by atoms with Gasteiger partial charge in [-0.3, -0.25) is 4.79 Å². The Morgan fingerprint density at radius 2 is 1.86 bits per heavy atom. The molecule has 1 atom stereocenters. The van der Waals surface area contributed by atoms with Crippen molar-refractivity contribution in [3.63, 3.8) is 0 Å². The SMILES string of the molecule is COCCC(NC(=O)c1ccc(Oc2ccc(C(F)(F)F)cn2)cc1)C(=O)O. The van der Waals surface area contributed by atoms with Gasteiger partial charge in [-0.15, -0.1) is 0 Å². The Labute approximate surface area is 158 Å². The van der Waals surface area contributed by atoms with E-state index in [4.69, 9.17) is 14.6 Å². The molecule has 10 heteroatoms. The standard InChI is InChI=1S/C18H17F3N2O5/c1-27-9-8-14(17(25)26)23-16(24)11-2-5-13(6-3-11)28-15-7-4-12(10-22-15)18(19,20)21/h2-7,10,14H,8-9H2,1H3,(H,23,24)(H,25,26). The van der Waals surface area contributed by atoms with E-state index in [1.165, 1.54) is 31.4 Å². The number of amides is 1. The quantitative estimate of drug-likeness (QED) is 0.709. The van der Waals surface area contributed by atoms with E-state index in [1.807, 2.05) is 0 Å². The van der Waals surface area contributed by atoms with Crippen molar-refractivity contribution in [2.45, 2.75) is 18.6 Å². The Hall–Kier alpha value is -3.14. The lowest BCUT2D eigenvalue weighted by Crippen LogP contribution is -2.41. The van der Waals surface area contributed by atoms with E-state index in [1.54, 1.807) is 0 Å². The molecule has 2 rings (SSSR count). The Kier molecular flexibility index (Phi) is 6.94. The first-order valence-corrected chi connectivity index (χ1v) is 8.04. The number of aliphatic carboxylic acids is 1. The fraction of sp³-hybridized carbons (Fsp3) is 0.278. The van der Waals surface area contributed by atoms with Gasteiger partial charge in [-0.25, -0.2) is 9.78 Å². The second kappa shape index (κ2) is 9.18. The van der Waals surface area contributed by atoms with Crippen LogP contribution in [0.4, 0.5) is 13.2 Å². The molecular formula is C18H17F3N2O5. The predicted molar refractivity (Wildman–Crippen MR) is 91.1 cm³/mol. The van der Waals surface area contributed by atoms with Gasteiger partial charge in [0.05, 0.1) is 5.56 Å². The van der Waals surface area contributed by atoms with Crippen LogP contribution in [0.2, 0.25) is 0 Å². The van der Waals surface area contributed by atoms with Crippen molar-refractivity contribution in [2.75, 3.05) is 13.7 Å². The number of ether oxygens (including phenoxy) is 2. The van der Waals surface area contributed by atoms with Crippen LogP contribution in [0.15, 0.2) is 42.6 Å². The number of halogens is 3. The van der Waals surface area contributed by atoms with E-state index in [0.29, 0.717) is 6.20 Å². The lowest BCUT2D eigenvalue weighted by atomic mass is 10.1. The normalized spacial score (nSPS) is 12.3. The minimum atomic E-state index is -4.49. The number of benzene rings is 1. The molecule has 0 bridgehead atoms. The van der Waals surface area contributed by atoms with Gasteiger partial charge in [-0.1, -0.05) is 0 Å². The number of carboxylic acid groups (broad SMARTS) is 1. The number of nitrogens with one attached hydrogen (secondary N) is 1. The highest BCUT2D eigenvalue weighted by atomic mass is 19.4. The summed E-state index contributed by atoms with van der Waals surface area (Å²) in [6.07, 6.45) is -3.72. The van der Waals surface area contributed by atoms with Crippen molar-refractivity contribution in [1.82, 2.24) is 10.3 Å². The van der Waals surface area contributed by atoms with Crippen molar-refractivity contribution in [3.8, 4) is 11.6 Å². The van der Waals surface area contributed by atoms with Crippen LogP contribution in [0.25, 0.3) is 0 Å². The third-order valence-electron chi connectivity index (χ3n) is 3.62. The molecule has 1 aromatic carbocycles. The Morgan fingerprint density at radius 1 is 1.18 bits per heavy atom. The number of carboxylic acids is 1. The molecule has 2 aromatic rings. The molecule has 28 heavy (non-hydrogen) atoms. The number of hydrogen-bond donors (Lipinski definition) is 2. The summed E-state index contributed by atoms with van der Waals surface area (Å²) in [5.74, 6) is -1.57. The van der Waals surface area contributed by atoms with Crippen molar-refractivity contribution < 1.29 is 37.3 Å². The van der Waals surface area contributed by atoms with Crippen molar-refractivity contribution in [2.24, 2.45) is 0 Å². The summed E-state index contributed by atoms with van der Waals surface area (Å²) in [5.41, 5.74) is -0.704. The number of pyridine rings is 1. The van der Waals surface area contributed by atoms with Crippen LogP contribution >= 0.6 is 0 Å². The number of rotatable bonds is 8. The lowest BCUT2D eigenvalue weighted by molar-refractivity contribution is -0.140. The van der Waals surface area contributed by atoms with Crippen LogP contribution in [-0.2, 0) is 15.7 Å². The van der Waals surface area contributed by atoms with Gasteiger partial charge in [0.25, 0.3) is 5.91 Å². The number of methoxy groups -OCH3 is 1. The first-order chi connectivity index (χ1) is 13.2. The predicted octanol–water partition coefficient (Wildman–Crippen LogP) is 3.11. The molecule has 0 spiro atoms. The molecule has 0 radical (unpaired) electrons. The number of nitrogens with zero attached hydrogens (tertiary/aromatic N) is 1. The van der Waals surface area contributed by atoms with Crippen LogP contribution in [-0.4, -0.2) is 41.7 Å². The maximum atomic E-state index is 12.5. The molecule has 1 heterocycles. The van der Waals surface area contributed by atoms with Crippen LogP contribution in [0.3, 0.4) is 0 Å². The highest BCUT2D eigenvalue weighted by molar-refractivity contribution is 5.96. The van der Waals surface area contributed by atoms with Crippen molar-refractivity contribution in [3.05, 3.63) is 53.7 Å². The highest BCUT2D eigenvalue weighted by Crippen LogP contribution is 2.30. The Morgan fingerprint density at radius 3 is 2.36 bits per heavy atom. The van der Waals surface area contributed by atoms with E-state index in [-0.39, 0.29) is 30.2 Å². The monoisotopic (exact) mass is 398 g/mol. The van der Waals surface area contributed by atoms with Crippen LogP contribution < -0.4 is 10.1 Å². The molecule has 1 amide bonds. The minimum absolute atomic E-state index is 0.0456. The van der Waals surface area contributed by atoms with Gasteiger partial charge >= 0.3 is 12.1 Å². The van der Waals surface area contributed by atoms with E-state index in [2.05, 4.69) is 10.3 Å². The molecule has 1 unspecified atom stereocenters. The molecule has 2 N–H and O–H groups in total. The molecule has 0 saturated heterocycles. The Bertz CT molecular complexity index is 807. The average Bonchev–Trinajstić information content (AvgIpc) is 2.65. The molecule has 0 aliphatic heterocycles. The summed E-state index contributed by atoms with van der Waals surface area (Å²) in [6.45, 7) is 0.171. The van der Waals surface area contributed by atoms with E-state index < -0.39 is 29.7 Å². The van der Waals surface area contributed by atoms with E-state index in [0.717, 1.165) is 12.1 Å². The van der Waals surface area contributed by atoms with E-state index >= 15 is 0 Å². The van der Waals surface area contributed by atoms with Crippen molar-refractivity contribution in [1.29, 1.82) is 0 Å². The third kappa shape index (κ3) is 5.95. The second-order valence-electron chi connectivity index (χ2n) is 5.66. The number of carbonyl (C=O) groups is 2. The van der Waals surface area contributed by atoms with Gasteiger partial charge < -0.3 is 19.9 Å². The fourth-order valence-electron chi connectivity index (χ4n) is 2.14. The zero-order valence-electron chi connectivity index (χ0n) is 14.7. The molecule has 0 fully saturated rings. The summed E-state index contributed by atoms with van der Waals surface area (Å²) in [7, 11) is 1.42. The molecule has 0 saturated carbocycles. The summed E-state index contributed by atoms with van der Waals surface area (Å²) < 4.78 is 47.7. The zero-order chi connectivity index (χ0) is 20.7. The van der Waals surface area contributed by atoms with Crippen LogP contribution in [0.1, 0.15) is 22.3 Å². The van der Waals surface area contributed by atoms with E-state index in [9.17, 15) is 22.8 Å². The first-order valence-electron chi connectivity index (χ1n) is 8.04. The zero-order valence-corrected chi connectivity index (χ0v) is 14.7.